The molecule has 0 aliphatic heterocycles. The van der Waals surface area contributed by atoms with Crippen LogP contribution in [0.4, 0.5) is 4.79 Å². The van der Waals surface area contributed by atoms with E-state index < -0.39 is 18.0 Å². The number of aromatic nitrogens is 2. The third kappa shape index (κ3) is 4.42. The summed E-state index contributed by atoms with van der Waals surface area (Å²) in [5.74, 6) is -1.18. The molecule has 0 saturated carbocycles. The fourth-order valence-corrected chi connectivity index (χ4v) is 1.32. The van der Waals surface area contributed by atoms with Crippen molar-refractivity contribution in [1.29, 1.82) is 0 Å². The van der Waals surface area contributed by atoms with E-state index in [2.05, 4.69) is 15.7 Å². The normalized spacial score (nSPS) is 11.9. The van der Waals surface area contributed by atoms with Gasteiger partial charge >= 0.3 is 12.0 Å². The zero-order chi connectivity index (χ0) is 13.5. The number of amides is 2. The molecule has 1 aromatic rings. The second kappa shape index (κ2) is 6.60. The monoisotopic (exact) mass is 256 g/mol. The molecule has 0 aliphatic rings. The number of carboxylic acid groups (broad SMARTS) is 1. The number of carbonyl (C=O) groups is 2. The van der Waals surface area contributed by atoms with Crippen molar-refractivity contribution in [2.24, 2.45) is 7.05 Å². The molecule has 1 aromatic heterocycles. The summed E-state index contributed by atoms with van der Waals surface area (Å²) in [5, 5.41) is 26.2. The molecule has 0 fully saturated rings. The molecule has 0 bridgehead atoms. The molecular formula is C10H16N4O4. The maximum atomic E-state index is 11.4. The van der Waals surface area contributed by atoms with Gasteiger partial charge in [-0.3, -0.25) is 4.68 Å². The molecule has 1 atom stereocenters. The van der Waals surface area contributed by atoms with Crippen LogP contribution in [-0.2, 0) is 18.4 Å². The molecule has 18 heavy (non-hydrogen) atoms. The Morgan fingerprint density at radius 2 is 2.28 bits per heavy atom. The summed E-state index contributed by atoms with van der Waals surface area (Å²) in [4.78, 5) is 22.1. The molecule has 8 nitrogen and oxygen atoms in total. The Morgan fingerprint density at radius 3 is 2.78 bits per heavy atom. The van der Waals surface area contributed by atoms with E-state index >= 15 is 0 Å². The van der Waals surface area contributed by atoms with Crippen LogP contribution in [0, 0.1) is 0 Å². The lowest BCUT2D eigenvalue weighted by Crippen LogP contribution is -2.46. The van der Waals surface area contributed by atoms with Crippen molar-refractivity contribution >= 4 is 12.0 Å². The molecule has 0 aromatic carbocycles. The number of carbonyl (C=O) groups excluding carboxylic acids is 1. The average molecular weight is 256 g/mol. The van der Waals surface area contributed by atoms with Gasteiger partial charge in [-0.1, -0.05) is 0 Å². The van der Waals surface area contributed by atoms with Crippen LogP contribution in [0.15, 0.2) is 12.3 Å². The van der Waals surface area contributed by atoms with Gasteiger partial charge in [0.2, 0.25) is 0 Å². The number of carboxylic acids is 1. The number of urea groups is 1. The Bertz CT molecular complexity index is 418. The minimum Gasteiger partial charge on any atom is -0.480 e. The lowest BCUT2D eigenvalue weighted by molar-refractivity contribution is -0.139. The van der Waals surface area contributed by atoms with E-state index in [1.165, 1.54) is 0 Å². The quantitative estimate of drug-likeness (QED) is 0.524. The van der Waals surface area contributed by atoms with Crippen LogP contribution >= 0.6 is 0 Å². The van der Waals surface area contributed by atoms with Crippen molar-refractivity contribution in [3.05, 3.63) is 18.0 Å². The second-order valence-electron chi connectivity index (χ2n) is 3.71. The van der Waals surface area contributed by atoms with E-state index in [0.29, 0.717) is 5.69 Å². The molecule has 8 heteroatoms. The van der Waals surface area contributed by atoms with Crippen molar-refractivity contribution < 1.29 is 19.8 Å². The number of hydrogen-bond donors (Lipinski definition) is 4. The highest BCUT2D eigenvalue weighted by Gasteiger charge is 2.18. The third-order valence-corrected chi connectivity index (χ3v) is 2.22. The summed E-state index contributed by atoms with van der Waals surface area (Å²) in [6.45, 7) is -0.102. The van der Waals surface area contributed by atoms with Gasteiger partial charge in [-0.15, -0.1) is 0 Å². The smallest absolute Gasteiger partial charge is 0.326 e. The molecule has 1 heterocycles. The third-order valence-electron chi connectivity index (χ3n) is 2.22. The molecule has 0 saturated heterocycles. The Morgan fingerprint density at radius 1 is 1.56 bits per heavy atom. The molecule has 0 spiro atoms. The summed E-state index contributed by atoms with van der Waals surface area (Å²) in [7, 11) is 1.76. The van der Waals surface area contributed by atoms with Gasteiger partial charge in [-0.25, -0.2) is 9.59 Å². The first-order valence-corrected chi connectivity index (χ1v) is 5.39. The summed E-state index contributed by atoms with van der Waals surface area (Å²) >= 11 is 0. The highest BCUT2D eigenvalue weighted by molar-refractivity contribution is 5.82. The van der Waals surface area contributed by atoms with Crippen LogP contribution in [-0.4, -0.2) is 44.6 Å². The Labute approximate surface area is 104 Å². The van der Waals surface area contributed by atoms with Crippen LogP contribution in [0.5, 0.6) is 0 Å². The predicted octanol–water partition coefficient (Wildman–Crippen LogP) is -0.945. The summed E-state index contributed by atoms with van der Waals surface area (Å²) in [5.41, 5.74) is 0.668. The Kier molecular flexibility index (Phi) is 5.12. The largest absolute Gasteiger partial charge is 0.480 e. The van der Waals surface area contributed by atoms with Crippen LogP contribution in [0.3, 0.4) is 0 Å². The standard InChI is InChI=1S/C10H16N4O4/c1-14-4-2-7(13-14)6-11-10(18)12-8(3-5-15)9(16)17/h2,4,8,15H,3,5-6H2,1H3,(H,16,17)(H2,11,12,18)/t8-/m0/s1. The van der Waals surface area contributed by atoms with E-state index in [1.54, 1.807) is 24.0 Å². The SMILES string of the molecule is Cn1ccc(CNC(=O)N[C@@H](CCO)C(=O)O)n1. The lowest BCUT2D eigenvalue weighted by Gasteiger charge is -2.13. The zero-order valence-corrected chi connectivity index (χ0v) is 9.96. The van der Waals surface area contributed by atoms with Crippen molar-refractivity contribution in [2.45, 2.75) is 19.0 Å². The molecule has 0 radical (unpaired) electrons. The molecule has 2 amide bonds. The van der Waals surface area contributed by atoms with E-state index in [1.807, 2.05) is 0 Å². The van der Waals surface area contributed by atoms with Gasteiger partial charge in [0.15, 0.2) is 0 Å². The van der Waals surface area contributed by atoms with Gasteiger partial charge < -0.3 is 20.8 Å². The van der Waals surface area contributed by atoms with Gasteiger partial charge in [-0.2, -0.15) is 5.10 Å². The van der Waals surface area contributed by atoms with E-state index in [4.69, 9.17) is 10.2 Å². The summed E-state index contributed by atoms with van der Waals surface area (Å²) in [6, 6.07) is 0.0307. The highest BCUT2D eigenvalue weighted by atomic mass is 16.4. The molecule has 100 valence electrons. The van der Waals surface area contributed by atoms with Crippen molar-refractivity contribution in [2.75, 3.05) is 6.61 Å². The van der Waals surface area contributed by atoms with E-state index in [0.717, 1.165) is 0 Å². The van der Waals surface area contributed by atoms with Crippen molar-refractivity contribution in [3.63, 3.8) is 0 Å². The number of aliphatic hydroxyl groups is 1. The molecule has 4 N–H and O–H groups in total. The van der Waals surface area contributed by atoms with Gasteiger partial charge in [0, 0.05) is 26.3 Å². The fraction of sp³-hybridized carbons (Fsp3) is 0.500. The first kappa shape index (κ1) is 14.0. The first-order chi connectivity index (χ1) is 8.52. The molecular weight excluding hydrogens is 240 g/mol. The van der Waals surface area contributed by atoms with Gasteiger partial charge in [0.1, 0.15) is 6.04 Å². The summed E-state index contributed by atoms with van der Waals surface area (Å²) < 4.78 is 1.60. The first-order valence-electron chi connectivity index (χ1n) is 5.39. The zero-order valence-electron chi connectivity index (χ0n) is 9.96. The van der Waals surface area contributed by atoms with Crippen LogP contribution in [0.2, 0.25) is 0 Å². The molecule has 0 aliphatic carbocycles. The predicted molar refractivity (Wildman–Crippen MR) is 61.7 cm³/mol. The number of nitrogens with one attached hydrogen (secondary N) is 2. The number of rotatable bonds is 6. The molecule has 0 unspecified atom stereocenters. The average Bonchev–Trinajstić information content (AvgIpc) is 2.72. The van der Waals surface area contributed by atoms with Gasteiger partial charge in [0.05, 0.1) is 12.2 Å². The summed E-state index contributed by atoms with van der Waals surface area (Å²) in [6.07, 6.45) is 1.70. The van der Waals surface area contributed by atoms with Crippen molar-refractivity contribution in [3.8, 4) is 0 Å². The maximum absolute atomic E-state index is 11.4. The number of aliphatic hydroxyl groups excluding tert-OH is 1. The minimum atomic E-state index is -1.18. The maximum Gasteiger partial charge on any atom is 0.326 e. The van der Waals surface area contributed by atoms with Gasteiger partial charge in [-0.05, 0) is 6.07 Å². The van der Waals surface area contributed by atoms with Crippen LogP contribution in [0.1, 0.15) is 12.1 Å². The van der Waals surface area contributed by atoms with Crippen molar-refractivity contribution in [1.82, 2.24) is 20.4 Å². The number of aliphatic carboxylic acids is 1. The number of hydrogen-bond acceptors (Lipinski definition) is 4. The van der Waals surface area contributed by atoms with Gasteiger partial charge in [0.25, 0.3) is 0 Å². The Balaban J connectivity index is 2.38. The molecule has 1 rings (SSSR count). The lowest BCUT2D eigenvalue weighted by atomic mass is 10.2. The minimum absolute atomic E-state index is 0.0354. The Hall–Kier alpha value is -2.09. The topological polar surface area (TPSA) is 116 Å². The second-order valence-corrected chi connectivity index (χ2v) is 3.71. The fourth-order valence-electron chi connectivity index (χ4n) is 1.32. The van der Waals surface area contributed by atoms with Crippen LogP contribution < -0.4 is 10.6 Å². The van der Waals surface area contributed by atoms with E-state index in [9.17, 15) is 9.59 Å². The van der Waals surface area contributed by atoms with Crippen LogP contribution in [0.25, 0.3) is 0 Å². The highest BCUT2D eigenvalue weighted by Crippen LogP contribution is 1.94. The number of aryl methyl sites for hydroxylation is 1. The van der Waals surface area contributed by atoms with E-state index in [-0.39, 0.29) is 19.6 Å². The number of nitrogens with zero attached hydrogens (tertiary/aromatic N) is 2.